The second kappa shape index (κ2) is 32.1. The average molecular weight is 1220 g/mol. The summed E-state index contributed by atoms with van der Waals surface area (Å²) in [4.78, 5) is 95.7. The molecule has 72 heavy (non-hydrogen) atoms. The van der Waals surface area contributed by atoms with Gasteiger partial charge in [0, 0.05) is 24.6 Å². The Morgan fingerprint density at radius 1 is 0.611 bits per heavy atom. The van der Waals surface area contributed by atoms with Gasteiger partial charge in [0.25, 0.3) is 11.4 Å². The van der Waals surface area contributed by atoms with Crippen molar-refractivity contribution in [3.63, 3.8) is 0 Å². The summed E-state index contributed by atoms with van der Waals surface area (Å²) in [5.74, 6) is -6.38. The number of anilines is 1. The van der Waals surface area contributed by atoms with Crippen LogP contribution < -0.4 is 5.32 Å². The van der Waals surface area contributed by atoms with Gasteiger partial charge < -0.3 is 29.0 Å². The Morgan fingerprint density at radius 3 is 1.61 bits per heavy atom. The van der Waals surface area contributed by atoms with Gasteiger partial charge in [0.15, 0.2) is 0 Å². The molecule has 0 saturated carbocycles. The zero-order valence-electron chi connectivity index (χ0n) is 38.4. The number of halogens is 7. The van der Waals surface area contributed by atoms with E-state index >= 15 is 0 Å². The number of nitrogens with zero attached hydrogens (tertiary/aromatic N) is 3. The lowest BCUT2D eigenvalue weighted by Crippen LogP contribution is -2.23. The van der Waals surface area contributed by atoms with Crippen LogP contribution in [0.2, 0.25) is 0 Å². The maximum absolute atomic E-state index is 13.5. The van der Waals surface area contributed by atoms with Gasteiger partial charge in [-0.2, -0.15) is 4.39 Å². The molecule has 5 rings (SSSR count). The van der Waals surface area contributed by atoms with E-state index in [0.29, 0.717) is 40.3 Å². The quantitative estimate of drug-likeness (QED) is 0.0220. The first-order chi connectivity index (χ1) is 33.8. The van der Waals surface area contributed by atoms with Crippen LogP contribution in [0.1, 0.15) is 76.7 Å². The predicted octanol–water partition coefficient (Wildman–Crippen LogP) is 10.3. The third-order valence-corrected chi connectivity index (χ3v) is 10.1. The number of ether oxygens (including phenoxy) is 5. The van der Waals surface area contributed by atoms with Gasteiger partial charge in [0.2, 0.25) is 17.8 Å². The average Bonchev–Trinajstić information content (AvgIpc) is 3.68. The van der Waals surface area contributed by atoms with Gasteiger partial charge in [-0.1, -0.05) is 26.0 Å². The van der Waals surface area contributed by atoms with Gasteiger partial charge in [0.05, 0.1) is 77.7 Å². The number of fused-ring (bicyclic) bond motifs is 1. The highest BCUT2D eigenvalue weighted by molar-refractivity contribution is 9.11. The van der Waals surface area contributed by atoms with Crippen molar-refractivity contribution in [2.24, 2.45) is 0 Å². The van der Waals surface area contributed by atoms with Crippen LogP contribution in [0.5, 0.6) is 0 Å². The Balaban J connectivity index is 0.000000462. The molecule has 0 bridgehead atoms. The maximum Gasteiger partial charge on any atom is 0.352 e. The van der Waals surface area contributed by atoms with Gasteiger partial charge in [0.1, 0.15) is 30.5 Å². The van der Waals surface area contributed by atoms with Crippen molar-refractivity contribution in [3.05, 3.63) is 144 Å². The van der Waals surface area contributed by atoms with E-state index in [4.69, 9.17) is 14.2 Å². The lowest BCUT2D eigenvalue weighted by molar-refractivity contribution is -0.387. The third kappa shape index (κ3) is 21.6. The van der Waals surface area contributed by atoms with Crippen molar-refractivity contribution in [3.8, 4) is 0 Å². The van der Waals surface area contributed by atoms with Crippen molar-refractivity contribution in [2.75, 3.05) is 25.1 Å². The molecule has 0 saturated heterocycles. The van der Waals surface area contributed by atoms with E-state index in [1.54, 1.807) is 45.0 Å². The summed E-state index contributed by atoms with van der Waals surface area (Å²) in [5, 5.41) is 34.3. The first-order valence-corrected chi connectivity index (χ1v) is 23.0. The molecule has 0 aromatic heterocycles. The van der Waals surface area contributed by atoms with E-state index in [9.17, 15) is 76.7 Å². The number of hydrogen-bond acceptors (Lipinski definition) is 17. The molecule has 390 valence electrons. The number of para-hydroxylation sites is 1. The lowest BCUT2D eigenvalue weighted by Gasteiger charge is -2.17. The molecule has 1 unspecified atom stereocenters. The summed E-state index contributed by atoms with van der Waals surface area (Å²) in [6, 6.07) is 12.1. The molecule has 4 aromatic rings. The topological polar surface area (TPSA) is 290 Å². The molecule has 1 aliphatic heterocycles. The van der Waals surface area contributed by atoms with Gasteiger partial charge in [-0.25, -0.2) is 18.0 Å². The molecule has 1 heterocycles. The summed E-state index contributed by atoms with van der Waals surface area (Å²) < 4.78 is 75.3. The molecular formula is C44H43Br3F4N4O17. The van der Waals surface area contributed by atoms with Gasteiger partial charge in [-0.3, -0.25) is 54.3 Å². The smallest absolute Gasteiger partial charge is 0.352 e. The van der Waals surface area contributed by atoms with Crippen LogP contribution in [0, 0.1) is 53.6 Å². The Bertz CT molecular complexity index is 2580. The fourth-order valence-electron chi connectivity index (χ4n) is 5.07. The SMILES string of the molecule is CCC(=O)OCc1ccccc1[N+](=O)[O-].CCOC(=O)C(OC(=O)CC)c1cc(Br)c(F)cc1[N+](=O)[O-].CCOC(=O)CC(=O)OCC.O=C1Cc2cc(Br)c(F)cc2N1.O=[N+]([O-])c1cc(F)c(Br)cc1F. The van der Waals surface area contributed by atoms with E-state index in [0.717, 1.165) is 11.6 Å². The molecule has 0 aliphatic carbocycles. The molecule has 0 fully saturated rings. The summed E-state index contributed by atoms with van der Waals surface area (Å²) in [6.45, 7) is 8.59. The Labute approximate surface area is 431 Å². The van der Waals surface area contributed by atoms with Crippen molar-refractivity contribution >= 4 is 106 Å². The first kappa shape index (κ1) is 63.1. The summed E-state index contributed by atoms with van der Waals surface area (Å²) in [5.41, 5.74) is -0.00319. The largest absolute Gasteiger partial charge is 0.466 e. The number of amides is 1. The Kier molecular flexibility index (Phi) is 28.1. The third-order valence-electron chi connectivity index (χ3n) is 8.31. The van der Waals surface area contributed by atoms with Crippen molar-refractivity contribution in [1.29, 1.82) is 0 Å². The predicted molar refractivity (Wildman–Crippen MR) is 255 cm³/mol. The summed E-state index contributed by atoms with van der Waals surface area (Å²) >= 11 is 8.63. The normalized spacial score (nSPS) is 11.0. The van der Waals surface area contributed by atoms with Gasteiger partial charge >= 0.3 is 35.5 Å². The molecule has 28 heteroatoms. The fourth-order valence-corrected chi connectivity index (χ4v) is 6.14. The van der Waals surface area contributed by atoms with Crippen LogP contribution in [-0.2, 0) is 65.5 Å². The fraction of sp³-hybridized carbons (Fsp3) is 0.318. The number of carbonyl (C=O) groups is 6. The van der Waals surface area contributed by atoms with Crippen molar-refractivity contribution in [2.45, 2.75) is 73.0 Å². The van der Waals surface area contributed by atoms with Crippen molar-refractivity contribution in [1.82, 2.24) is 0 Å². The summed E-state index contributed by atoms with van der Waals surface area (Å²) in [7, 11) is 0. The maximum atomic E-state index is 13.5. The number of rotatable bonds is 15. The molecule has 1 amide bonds. The zero-order valence-corrected chi connectivity index (χ0v) is 43.2. The molecule has 0 radical (unpaired) electrons. The molecular weight excluding hydrogens is 1170 g/mol. The number of nitrogens with one attached hydrogen (secondary N) is 1. The minimum Gasteiger partial charge on any atom is -0.466 e. The summed E-state index contributed by atoms with van der Waals surface area (Å²) in [6.07, 6.45) is -1.35. The second-order valence-corrected chi connectivity index (χ2v) is 15.9. The number of nitro benzene ring substituents is 3. The minimum absolute atomic E-state index is 0.00479. The lowest BCUT2D eigenvalue weighted by atomic mass is 10.1. The number of nitro groups is 3. The standard InChI is InChI=1S/C13H13BrFNO6.C10H11NO4.C8H5BrFNO.C7H12O4.C6H2BrF2NO2/c1-3-11(17)22-12(13(18)21-4-2)7-5-8(14)9(15)6-10(7)16(19)20;1-2-10(12)15-7-8-5-3-4-6-9(8)11(13)14;9-5-1-4-2-8(12)11-7(4)3-6(5)10;1-3-10-6(8)5-7(9)11-4-2;7-3-1-5(9)6(10(11)12)2-4(3)8/h5-6,12H,3-4H2,1-2H3;3-6H,2,7H2,1H3;1,3H,2H2,(H,11,12);3-5H2,1-2H3;1-2H. The number of esters is 5. The van der Waals surface area contributed by atoms with Crippen LogP contribution in [0.3, 0.4) is 0 Å². The van der Waals surface area contributed by atoms with Gasteiger partial charge in [-0.15, -0.1) is 0 Å². The highest BCUT2D eigenvalue weighted by Gasteiger charge is 2.34. The van der Waals surface area contributed by atoms with Crippen LogP contribution in [0.4, 0.5) is 40.3 Å². The number of carbonyl (C=O) groups excluding carboxylic acids is 6. The molecule has 4 aromatic carbocycles. The van der Waals surface area contributed by atoms with E-state index in [2.05, 4.69) is 62.6 Å². The zero-order chi connectivity index (χ0) is 54.8. The van der Waals surface area contributed by atoms with E-state index in [-0.39, 0.29) is 83.6 Å². The molecule has 1 atom stereocenters. The van der Waals surface area contributed by atoms with E-state index in [1.807, 2.05) is 0 Å². The van der Waals surface area contributed by atoms with E-state index in [1.165, 1.54) is 26.0 Å². The van der Waals surface area contributed by atoms with E-state index < -0.39 is 73.6 Å². The van der Waals surface area contributed by atoms with Crippen LogP contribution in [0.15, 0.2) is 74.1 Å². The first-order valence-electron chi connectivity index (χ1n) is 20.6. The monoisotopic (exact) mass is 1210 g/mol. The molecule has 0 spiro atoms. The van der Waals surface area contributed by atoms with Crippen LogP contribution in [0.25, 0.3) is 0 Å². The molecule has 1 N–H and O–H groups in total. The molecule has 21 nitrogen and oxygen atoms in total. The number of benzene rings is 4. The highest BCUT2D eigenvalue weighted by Crippen LogP contribution is 2.34. The van der Waals surface area contributed by atoms with Crippen LogP contribution in [-0.4, -0.2) is 70.3 Å². The second-order valence-electron chi connectivity index (χ2n) is 13.4. The van der Waals surface area contributed by atoms with Gasteiger partial charge in [-0.05, 0) is 104 Å². The minimum atomic E-state index is -1.63. The highest BCUT2D eigenvalue weighted by atomic mass is 79.9. The Morgan fingerprint density at radius 2 is 1.10 bits per heavy atom. The van der Waals surface area contributed by atoms with Crippen LogP contribution >= 0.6 is 47.8 Å². The van der Waals surface area contributed by atoms with Crippen molar-refractivity contribution < 1.29 is 84.8 Å². The Hall–Kier alpha value is -6.94. The molecule has 1 aliphatic rings. The number of hydrogen-bond donors (Lipinski definition) is 1.